The van der Waals surface area contributed by atoms with E-state index in [4.69, 9.17) is 9.26 Å². The minimum Gasteiger partial charge on any atom is -0.497 e. The summed E-state index contributed by atoms with van der Waals surface area (Å²) >= 11 is 0. The molecule has 32 heavy (non-hydrogen) atoms. The van der Waals surface area contributed by atoms with Crippen LogP contribution in [0.2, 0.25) is 0 Å². The fourth-order valence-corrected chi connectivity index (χ4v) is 4.12. The molecule has 0 amide bonds. The molecule has 0 N–H and O–H groups in total. The van der Waals surface area contributed by atoms with Crippen LogP contribution in [-0.4, -0.2) is 68.4 Å². The lowest BCUT2D eigenvalue weighted by Crippen LogP contribution is -2.47. The number of halogens is 1. The zero-order chi connectivity index (χ0) is 22.3. The first-order chi connectivity index (χ1) is 15.6. The van der Waals surface area contributed by atoms with Gasteiger partial charge in [0.25, 0.3) is 0 Å². The molecule has 1 aliphatic heterocycles. The SMILES string of the molecule is COc1ccc(N2CCN(CCCN(C)Cc3cc(-c4ccccc4F)no3)CC2)cc1. The van der Waals surface area contributed by atoms with E-state index in [0.29, 0.717) is 17.8 Å². The molecule has 7 heteroatoms. The van der Waals surface area contributed by atoms with Gasteiger partial charge in [-0.1, -0.05) is 17.3 Å². The molecule has 0 aliphatic carbocycles. The number of benzene rings is 2. The number of piperazine rings is 1. The topological polar surface area (TPSA) is 45.0 Å². The Morgan fingerprint density at radius 3 is 2.53 bits per heavy atom. The highest BCUT2D eigenvalue weighted by Gasteiger charge is 2.17. The second kappa shape index (κ2) is 10.6. The summed E-state index contributed by atoms with van der Waals surface area (Å²) < 4.78 is 24.6. The van der Waals surface area contributed by atoms with Crippen molar-refractivity contribution in [1.82, 2.24) is 15.0 Å². The molecule has 1 fully saturated rings. The number of nitrogens with zero attached hydrogens (tertiary/aromatic N) is 4. The van der Waals surface area contributed by atoms with Gasteiger partial charge in [-0.3, -0.25) is 9.80 Å². The zero-order valence-electron chi connectivity index (χ0n) is 18.8. The maximum atomic E-state index is 13.9. The normalized spacial score (nSPS) is 14.8. The lowest BCUT2D eigenvalue weighted by molar-refractivity contribution is 0.223. The molecule has 1 aromatic heterocycles. The van der Waals surface area contributed by atoms with Crippen LogP contribution < -0.4 is 9.64 Å². The molecule has 0 radical (unpaired) electrons. The highest BCUT2D eigenvalue weighted by Crippen LogP contribution is 2.23. The molecule has 0 spiro atoms. The van der Waals surface area contributed by atoms with Crippen molar-refractivity contribution in [3.63, 3.8) is 0 Å². The number of hydrogen-bond acceptors (Lipinski definition) is 6. The third-order valence-electron chi connectivity index (χ3n) is 5.96. The second-order valence-corrected chi connectivity index (χ2v) is 8.28. The van der Waals surface area contributed by atoms with E-state index in [-0.39, 0.29) is 5.82 Å². The van der Waals surface area contributed by atoms with Crippen molar-refractivity contribution in [2.24, 2.45) is 0 Å². The van der Waals surface area contributed by atoms with Crippen molar-refractivity contribution in [2.45, 2.75) is 13.0 Å². The van der Waals surface area contributed by atoms with Gasteiger partial charge in [-0.25, -0.2) is 4.39 Å². The van der Waals surface area contributed by atoms with E-state index in [0.717, 1.165) is 57.2 Å². The Hall–Kier alpha value is -2.90. The summed E-state index contributed by atoms with van der Waals surface area (Å²) in [6, 6.07) is 16.8. The average Bonchev–Trinajstić information content (AvgIpc) is 3.28. The maximum absolute atomic E-state index is 13.9. The van der Waals surface area contributed by atoms with Crippen LogP contribution in [0, 0.1) is 5.82 Å². The largest absolute Gasteiger partial charge is 0.497 e. The average molecular weight is 439 g/mol. The van der Waals surface area contributed by atoms with Gasteiger partial charge < -0.3 is 14.2 Å². The van der Waals surface area contributed by atoms with Crippen LogP contribution in [-0.2, 0) is 6.54 Å². The molecule has 1 aliphatic rings. The number of aromatic nitrogens is 1. The summed E-state index contributed by atoms with van der Waals surface area (Å²) in [7, 11) is 3.77. The van der Waals surface area contributed by atoms with Crippen molar-refractivity contribution in [2.75, 3.05) is 58.3 Å². The first kappa shape index (κ1) is 22.3. The molecule has 2 aromatic carbocycles. The monoisotopic (exact) mass is 438 g/mol. The first-order valence-corrected chi connectivity index (χ1v) is 11.1. The van der Waals surface area contributed by atoms with Crippen LogP contribution in [0.4, 0.5) is 10.1 Å². The minimum atomic E-state index is -0.284. The number of anilines is 1. The fraction of sp³-hybridized carbons (Fsp3) is 0.400. The zero-order valence-corrected chi connectivity index (χ0v) is 18.8. The van der Waals surface area contributed by atoms with Crippen LogP contribution in [0.5, 0.6) is 5.75 Å². The lowest BCUT2D eigenvalue weighted by atomic mass is 10.1. The van der Waals surface area contributed by atoms with Crippen molar-refractivity contribution >= 4 is 5.69 Å². The molecule has 2 heterocycles. The van der Waals surface area contributed by atoms with Gasteiger partial charge in [0, 0.05) is 43.5 Å². The summed E-state index contributed by atoms with van der Waals surface area (Å²) in [4.78, 5) is 7.18. The van der Waals surface area contributed by atoms with Gasteiger partial charge in [0.2, 0.25) is 0 Å². The van der Waals surface area contributed by atoms with E-state index in [1.807, 2.05) is 18.2 Å². The summed E-state index contributed by atoms with van der Waals surface area (Å²) in [6.07, 6.45) is 1.09. The third kappa shape index (κ3) is 5.66. The number of hydrogen-bond donors (Lipinski definition) is 0. The van der Waals surface area contributed by atoms with Crippen LogP contribution in [0.15, 0.2) is 59.1 Å². The van der Waals surface area contributed by atoms with Crippen LogP contribution in [0.3, 0.4) is 0 Å². The van der Waals surface area contributed by atoms with E-state index in [1.165, 1.54) is 11.8 Å². The minimum absolute atomic E-state index is 0.284. The Balaban J connectivity index is 1.17. The Morgan fingerprint density at radius 2 is 1.81 bits per heavy atom. The standard InChI is InChI=1S/C25H31FN4O2/c1-28(19-22-18-25(27-32-22)23-6-3-4-7-24(23)26)12-5-13-29-14-16-30(17-15-29)20-8-10-21(31-2)11-9-20/h3-4,6-11,18H,5,12-17,19H2,1-2H3. The highest BCUT2D eigenvalue weighted by atomic mass is 19.1. The molecule has 6 nitrogen and oxygen atoms in total. The third-order valence-corrected chi connectivity index (χ3v) is 5.96. The summed E-state index contributed by atoms with van der Waals surface area (Å²) in [6.45, 7) is 6.94. The van der Waals surface area contributed by atoms with Gasteiger partial charge in [-0.05, 0) is 63.0 Å². The number of ether oxygens (including phenoxy) is 1. The number of methoxy groups -OCH3 is 1. The molecule has 0 bridgehead atoms. The van der Waals surface area contributed by atoms with Gasteiger partial charge in [0.1, 0.15) is 17.3 Å². The second-order valence-electron chi connectivity index (χ2n) is 8.28. The predicted molar refractivity (Wildman–Crippen MR) is 124 cm³/mol. The van der Waals surface area contributed by atoms with Gasteiger partial charge in [-0.15, -0.1) is 0 Å². The van der Waals surface area contributed by atoms with Gasteiger partial charge >= 0.3 is 0 Å². The Labute approximate surface area is 189 Å². The van der Waals surface area contributed by atoms with Crippen molar-refractivity contribution in [3.05, 3.63) is 66.2 Å². The van der Waals surface area contributed by atoms with E-state index >= 15 is 0 Å². The first-order valence-electron chi connectivity index (χ1n) is 11.1. The maximum Gasteiger partial charge on any atom is 0.151 e. The van der Waals surface area contributed by atoms with Crippen LogP contribution >= 0.6 is 0 Å². The molecule has 4 rings (SSSR count). The molecule has 0 unspecified atom stereocenters. The fourth-order valence-electron chi connectivity index (χ4n) is 4.12. The molecule has 1 saturated heterocycles. The molecule has 170 valence electrons. The van der Waals surface area contributed by atoms with E-state index in [9.17, 15) is 4.39 Å². The molecular formula is C25H31FN4O2. The predicted octanol–water partition coefficient (Wildman–Crippen LogP) is 4.13. The van der Waals surface area contributed by atoms with Gasteiger partial charge in [0.05, 0.1) is 13.7 Å². The lowest BCUT2D eigenvalue weighted by Gasteiger charge is -2.36. The molecule has 3 aromatic rings. The quantitative estimate of drug-likeness (QED) is 0.501. The van der Waals surface area contributed by atoms with Gasteiger partial charge in [0.15, 0.2) is 5.76 Å². The van der Waals surface area contributed by atoms with E-state index < -0.39 is 0 Å². The Morgan fingerprint density at radius 1 is 1.06 bits per heavy atom. The molecule has 0 saturated carbocycles. The van der Waals surface area contributed by atoms with Crippen molar-refractivity contribution in [3.8, 4) is 17.0 Å². The van der Waals surface area contributed by atoms with Crippen molar-refractivity contribution in [1.29, 1.82) is 0 Å². The van der Waals surface area contributed by atoms with Crippen molar-refractivity contribution < 1.29 is 13.7 Å². The summed E-state index contributed by atoms with van der Waals surface area (Å²) in [5.41, 5.74) is 2.27. The molecule has 0 atom stereocenters. The summed E-state index contributed by atoms with van der Waals surface area (Å²) in [5.74, 6) is 1.36. The van der Waals surface area contributed by atoms with Crippen LogP contribution in [0.1, 0.15) is 12.2 Å². The summed E-state index contributed by atoms with van der Waals surface area (Å²) in [5, 5.41) is 4.03. The van der Waals surface area contributed by atoms with E-state index in [1.54, 1.807) is 25.3 Å². The number of rotatable bonds is 9. The molecular weight excluding hydrogens is 407 g/mol. The Bertz CT molecular complexity index is 984. The van der Waals surface area contributed by atoms with Gasteiger partial charge in [-0.2, -0.15) is 0 Å². The van der Waals surface area contributed by atoms with E-state index in [2.05, 4.69) is 39.0 Å². The highest BCUT2D eigenvalue weighted by molar-refractivity contribution is 5.59. The smallest absolute Gasteiger partial charge is 0.151 e. The van der Waals surface area contributed by atoms with Crippen LogP contribution in [0.25, 0.3) is 11.3 Å². The Kier molecular flexibility index (Phi) is 7.39.